The number of thiazole rings is 1. The lowest BCUT2D eigenvalue weighted by molar-refractivity contribution is -0.385. The van der Waals surface area contributed by atoms with Crippen LogP contribution in [0.25, 0.3) is 0 Å². The number of halogens is 1. The molecule has 0 radical (unpaired) electrons. The van der Waals surface area contributed by atoms with E-state index in [1.165, 1.54) is 23.5 Å². The SMILES string of the molecule is CC(C)(C)c1nc(Nc2ccc([N+](=O)[O-])cc2F)sc1Cc1ccc2c(c1)OCO2. The van der Waals surface area contributed by atoms with Crippen LogP contribution >= 0.6 is 11.3 Å². The third kappa shape index (κ3) is 4.06. The molecular formula is C21H20FN3O4S. The molecule has 0 fully saturated rings. The molecule has 0 unspecified atom stereocenters. The molecule has 9 heteroatoms. The van der Waals surface area contributed by atoms with Crippen LogP contribution in [-0.4, -0.2) is 16.7 Å². The van der Waals surface area contributed by atoms with Crippen LogP contribution in [0.1, 0.15) is 36.9 Å². The van der Waals surface area contributed by atoms with E-state index in [9.17, 15) is 14.5 Å². The van der Waals surface area contributed by atoms with E-state index in [1.807, 2.05) is 18.2 Å². The number of rotatable bonds is 5. The molecule has 1 N–H and O–H groups in total. The van der Waals surface area contributed by atoms with E-state index in [0.717, 1.165) is 33.7 Å². The molecule has 1 aromatic heterocycles. The van der Waals surface area contributed by atoms with E-state index in [1.54, 1.807) is 0 Å². The van der Waals surface area contributed by atoms with Crippen LogP contribution in [0.2, 0.25) is 0 Å². The first-order chi connectivity index (χ1) is 14.2. The lowest BCUT2D eigenvalue weighted by atomic mass is 9.90. The van der Waals surface area contributed by atoms with Crippen molar-refractivity contribution in [2.75, 3.05) is 12.1 Å². The number of nitro groups is 1. The van der Waals surface area contributed by atoms with Crippen molar-refractivity contribution in [3.8, 4) is 11.5 Å². The summed E-state index contributed by atoms with van der Waals surface area (Å²) in [6, 6.07) is 9.34. The number of aromatic nitrogens is 1. The van der Waals surface area contributed by atoms with Crippen molar-refractivity contribution in [3.05, 3.63) is 68.5 Å². The molecule has 0 atom stereocenters. The highest BCUT2D eigenvalue weighted by molar-refractivity contribution is 7.15. The molecular weight excluding hydrogens is 409 g/mol. The zero-order chi connectivity index (χ0) is 21.5. The van der Waals surface area contributed by atoms with Gasteiger partial charge >= 0.3 is 0 Å². The van der Waals surface area contributed by atoms with Crippen molar-refractivity contribution in [3.63, 3.8) is 0 Å². The van der Waals surface area contributed by atoms with E-state index in [0.29, 0.717) is 11.6 Å². The molecule has 2 aromatic carbocycles. The van der Waals surface area contributed by atoms with Crippen molar-refractivity contribution in [1.82, 2.24) is 4.98 Å². The second-order valence-electron chi connectivity index (χ2n) is 7.95. The summed E-state index contributed by atoms with van der Waals surface area (Å²) in [4.78, 5) is 15.9. The Morgan fingerprint density at radius 1 is 1.20 bits per heavy atom. The van der Waals surface area contributed by atoms with Gasteiger partial charge in [0.1, 0.15) is 0 Å². The zero-order valence-corrected chi connectivity index (χ0v) is 17.5. The molecule has 0 spiro atoms. The summed E-state index contributed by atoms with van der Waals surface area (Å²) in [5, 5.41) is 14.3. The Kier molecular flexibility index (Phi) is 5.07. The second-order valence-corrected chi connectivity index (χ2v) is 9.04. The van der Waals surface area contributed by atoms with Crippen LogP contribution in [0, 0.1) is 15.9 Å². The highest BCUT2D eigenvalue weighted by Crippen LogP contribution is 2.38. The number of hydrogen-bond acceptors (Lipinski definition) is 7. The van der Waals surface area contributed by atoms with Gasteiger partial charge in [0.2, 0.25) is 6.79 Å². The summed E-state index contributed by atoms with van der Waals surface area (Å²) in [6.07, 6.45) is 0.644. The Morgan fingerprint density at radius 3 is 2.67 bits per heavy atom. The number of ether oxygens (including phenoxy) is 2. The van der Waals surface area contributed by atoms with Gasteiger partial charge in [-0.25, -0.2) is 9.37 Å². The number of anilines is 2. The summed E-state index contributed by atoms with van der Waals surface area (Å²) in [5.41, 5.74) is 1.60. The first-order valence-corrected chi connectivity index (χ1v) is 10.1. The van der Waals surface area contributed by atoms with Gasteiger partial charge in [0.15, 0.2) is 22.4 Å². The summed E-state index contributed by atoms with van der Waals surface area (Å²) >= 11 is 1.43. The number of hydrogen-bond donors (Lipinski definition) is 1. The molecule has 1 aliphatic heterocycles. The normalized spacial score (nSPS) is 12.8. The van der Waals surface area contributed by atoms with Gasteiger partial charge in [-0.05, 0) is 23.8 Å². The van der Waals surface area contributed by atoms with Crippen LogP contribution in [0.5, 0.6) is 11.5 Å². The number of nitro benzene ring substituents is 1. The number of benzene rings is 2. The van der Waals surface area contributed by atoms with Gasteiger partial charge in [-0.1, -0.05) is 26.8 Å². The van der Waals surface area contributed by atoms with Crippen molar-refractivity contribution in [2.24, 2.45) is 0 Å². The van der Waals surface area contributed by atoms with E-state index in [4.69, 9.17) is 14.5 Å². The number of non-ortho nitro benzene ring substituents is 1. The summed E-state index contributed by atoms with van der Waals surface area (Å²) in [6.45, 7) is 6.44. The van der Waals surface area contributed by atoms with Gasteiger partial charge in [0.05, 0.1) is 22.4 Å². The third-order valence-electron chi connectivity index (χ3n) is 4.61. The fraction of sp³-hybridized carbons (Fsp3) is 0.286. The number of nitrogens with zero attached hydrogens (tertiary/aromatic N) is 2. The van der Waals surface area contributed by atoms with Crippen molar-refractivity contribution < 1.29 is 18.8 Å². The molecule has 3 aromatic rings. The smallest absolute Gasteiger partial charge is 0.272 e. The van der Waals surface area contributed by atoms with Crippen LogP contribution < -0.4 is 14.8 Å². The quantitative estimate of drug-likeness (QED) is 0.423. The standard InChI is InChI=1S/C21H20FN3O4S/c1-21(2,3)19-18(9-12-4-7-16-17(8-12)29-11-28-16)30-20(24-19)23-15-6-5-13(25(26)27)10-14(15)22/h4-8,10H,9,11H2,1-3H3,(H,23,24). The average Bonchev–Trinajstić information content (AvgIpc) is 3.29. The molecule has 0 saturated heterocycles. The van der Waals surface area contributed by atoms with Gasteiger partial charge in [-0.15, -0.1) is 11.3 Å². The maximum absolute atomic E-state index is 14.3. The molecule has 2 heterocycles. The molecule has 0 saturated carbocycles. The minimum atomic E-state index is -0.700. The molecule has 1 aliphatic rings. The van der Waals surface area contributed by atoms with E-state index < -0.39 is 10.7 Å². The lowest BCUT2D eigenvalue weighted by Gasteiger charge is -2.17. The molecule has 156 valence electrons. The van der Waals surface area contributed by atoms with Crippen molar-refractivity contribution in [2.45, 2.75) is 32.6 Å². The van der Waals surface area contributed by atoms with Gasteiger partial charge in [0.25, 0.3) is 5.69 Å². The van der Waals surface area contributed by atoms with Crippen molar-refractivity contribution in [1.29, 1.82) is 0 Å². The fourth-order valence-electron chi connectivity index (χ4n) is 3.18. The van der Waals surface area contributed by atoms with E-state index >= 15 is 0 Å². The largest absolute Gasteiger partial charge is 0.454 e. The second kappa shape index (κ2) is 7.56. The van der Waals surface area contributed by atoms with Gasteiger partial charge in [-0.2, -0.15) is 0 Å². The molecule has 0 amide bonds. The van der Waals surface area contributed by atoms with Crippen LogP contribution in [-0.2, 0) is 11.8 Å². The summed E-state index contributed by atoms with van der Waals surface area (Å²) in [5.74, 6) is 0.754. The van der Waals surface area contributed by atoms with Crippen LogP contribution in [0.3, 0.4) is 0 Å². The minimum Gasteiger partial charge on any atom is -0.454 e. The third-order valence-corrected chi connectivity index (χ3v) is 5.59. The maximum atomic E-state index is 14.3. The topological polar surface area (TPSA) is 86.5 Å². The zero-order valence-electron chi connectivity index (χ0n) is 16.7. The Morgan fingerprint density at radius 2 is 1.97 bits per heavy atom. The number of nitrogens with one attached hydrogen (secondary N) is 1. The summed E-state index contributed by atoms with van der Waals surface area (Å²) in [7, 11) is 0. The maximum Gasteiger partial charge on any atom is 0.272 e. The molecule has 7 nitrogen and oxygen atoms in total. The minimum absolute atomic E-state index is 0.143. The predicted octanol–water partition coefficient (Wildman–Crippen LogP) is 5.55. The Hall–Kier alpha value is -3.20. The Bertz CT molecular complexity index is 1120. The molecule has 4 rings (SSSR count). The first-order valence-electron chi connectivity index (χ1n) is 9.30. The van der Waals surface area contributed by atoms with Gasteiger partial charge in [-0.3, -0.25) is 10.1 Å². The van der Waals surface area contributed by atoms with Crippen molar-refractivity contribution >= 4 is 27.8 Å². The van der Waals surface area contributed by atoms with Crippen LogP contribution in [0.4, 0.5) is 20.9 Å². The highest BCUT2D eigenvalue weighted by Gasteiger charge is 2.24. The van der Waals surface area contributed by atoms with Crippen LogP contribution in [0.15, 0.2) is 36.4 Å². The molecule has 0 bridgehead atoms. The van der Waals surface area contributed by atoms with E-state index in [2.05, 4.69) is 26.1 Å². The van der Waals surface area contributed by atoms with Gasteiger partial charge in [0, 0.05) is 22.8 Å². The Balaban J connectivity index is 1.63. The monoisotopic (exact) mass is 429 g/mol. The van der Waals surface area contributed by atoms with E-state index in [-0.39, 0.29) is 23.6 Å². The number of fused-ring (bicyclic) bond motifs is 1. The first kappa shape index (κ1) is 20.1. The summed E-state index contributed by atoms with van der Waals surface area (Å²) < 4.78 is 25.1. The average molecular weight is 429 g/mol. The van der Waals surface area contributed by atoms with Gasteiger partial charge < -0.3 is 14.8 Å². The molecule has 0 aliphatic carbocycles. The highest BCUT2D eigenvalue weighted by atomic mass is 32.1. The lowest BCUT2D eigenvalue weighted by Crippen LogP contribution is -2.14. The predicted molar refractivity (Wildman–Crippen MR) is 113 cm³/mol. The fourth-order valence-corrected chi connectivity index (χ4v) is 4.40. The Labute approximate surface area is 176 Å². The molecule has 30 heavy (non-hydrogen) atoms.